The Morgan fingerprint density at radius 3 is 2.27 bits per heavy atom. The van der Waals surface area contributed by atoms with Crippen molar-refractivity contribution in [2.45, 2.75) is 52.2 Å². The van der Waals surface area contributed by atoms with Crippen LogP contribution in [0, 0.1) is 11.8 Å². The number of ketones is 1. The van der Waals surface area contributed by atoms with E-state index in [4.69, 9.17) is 4.74 Å². The molecule has 0 unspecified atom stereocenters. The van der Waals surface area contributed by atoms with Gasteiger partial charge in [-0.2, -0.15) is 0 Å². The van der Waals surface area contributed by atoms with Crippen molar-refractivity contribution < 1.29 is 19.1 Å². The number of amides is 1. The molecule has 1 fully saturated rings. The van der Waals surface area contributed by atoms with Crippen LogP contribution in [0.25, 0.3) is 0 Å². The molecular weight excluding hydrogens is 378 g/mol. The third-order valence-corrected chi connectivity index (χ3v) is 6.12. The van der Waals surface area contributed by atoms with Crippen LogP contribution in [0.5, 0.6) is 0 Å². The van der Waals surface area contributed by atoms with Crippen molar-refractivity contribution in [2.24, 2.45) is 11.8 Å². The molecule has 3 rings (SSSR count). The second kappa shape index (κ2) is 9.70. The van der Waals surface area contributed by atoms with Crippen LogP contribution < -0.4 is 5.32 Å². The standard InChI is InChI=1S/C25H29NO4/c1-16-10-9-15-22(17(16)2)26-24(28)18(3)30-25(29)21-14-8-7-13-20(21)23(27)19-11-5-4-6-12-19/h4-8,11-14,16-18,22H,9-10,15H2,1-3H3,(H,26,28)/t16-,17+,18+,22+/m0/s1. The maximum absolute atomic E-state index is 12.8. The van der Waals surface area contributed by atoms with Crippen LogP contribution in [0.15, 0.2) is 54.6 Å². The molecule has 0 aliphatic heterocycles. The summed E-state index contributed by atoms with van der Waals surface area (Å²) in [6.45, 7) is 5.91. The van der Waals surface area contributed by atoms with Gasteiger partial charge in [0, 0.05) is 17.2 Å². The Balaban J connectivity index is 1.68. The first-order chi connectivity index (χ1) is 14.4. The third kappa shape index (κ3) is 4.96. The second-order valence-electron chi connectivity index (χ2n) is 8.17. The van der Waals surface area contributed by atoms with Gasteiger partial charge in [0.05, 0.1) is 5.56 Å². The van der Waals surface area contributed by atoms with E-state index < -0.39 is 12.1 Å². The highest BCUT2D eigenvalue weighted by atomic mass is 16.5. The van der Waals surface area contributed by atoms with Gasteiger partial charge >= 0.3 is 5.97 Å². The summed E-state index contributed by atoms with van der Waals surface area (Å²) in [4.78, 5) is 38.2. The molecule has 1 aliphatic carbocycles. The molecule has 5 nitrogen and oxygen atoms in total. The molecule has 158 valence electrons. The molecule has 2 aromatic rings. The predicted octanol–water partition coefficient (Wildman–Crippen LogP) is 4.40. The van der Waals surface area contributed by atoms with Crippen molar-refractivity contribution in [3.63, 3.8) is 0 Å². The Hall–Kier alpha value is -2.95. The molecule has 0 radical (unpaired) electrons. The minimum atomic E-state index is -0.943. The number of benzene rings is 2. The molecule has 1 aliphatic rings. The molecule has 0 aromatic heterocycles. The van der Waals surface area contributed by atoms with E-state index >= 15 is 0 Å². The Bertz CT molecular complexity index is 908. The largest absolute Gasteiger partial charge is 0.449 e. The van der Waals surface area contributed by atoms with E-state index in [1.807, 2.05) is 6.07 Å². The van der Waals surface area contributed by atoms with E-state index in [-0.39, 0.29) is 28.9 Å². The van der Waals surface area contributed by atoms with E-state index in [9.17, 15) is 14.4 Å². The van der Waals surface area contributed by atoms with Crippen LogP contribution in [0.3, 0.4) is 0 Å². The molecule has 5 heteroatoms. The lowest BCUT2D eigenvalue weighted by atomic mass is 9.78. The zero-order chi connectivity index (χ0) is 21.7. The quantitative estimate of drug-likeness (QED) is 0.569. The summed E-state index contributed by atoms with van der Waals surface area (Å²) in [5.41, 5.74) is 0.908. The molecule has 0 bridgehead atoms. The van der Waals surface area contributed by atoms with E-state index in [2.05, 4.69) is 19.2 Å². The van der Waals surface area contributed by atoms with Crippen LogP contribution in [0.2, 0.25) is 0 Å². The number of nitrogens with one attached hydrogen (secondary N) is 1. The monoisotopic (exact) mass is 407 g/mol. The molecule has 0 spiro atoms. The van der Waals surface area contributed by atoms with Crippen molar-refractivity contribution in [3.8, 4) is 0 Å². The molecule has 0 saturated heterocycles. The Labute approximate surface area is 177 Å². The molecule has 4 atom stereocenters. The van der Waals surface area contributed by atoms with Crippen LogP contribution >= 0.6 is 0 Å². The van der Waals surface area contributed by atoms with Gasteiger partial charge in [-0.05, 0) is 31.2 Å². The van der Waals surface area contributed by atoms with Gasteiger partial charge in [0.15, 0.2) is 11.9 Å². The van der Waals surface area contributed by atoms with Crippen LogP contribution in [-0.4, -0.2) is 29.8 Å². The maximum Gasteiger partial charge on any atom is 0.339 e. The summed E-state index contributed by atoms with van der Waals surface area (Å²) in [6, 6.07) is 15.4. The minimum absolute atomic E-state index is 0.0920. The van der Waals surface area contributed by atoms with Crippen molar-refractivity contribution in [1.82, 2.24) is 5.32 Å². The molecule has 1 N–H and O–H groups in total. The highest BCUT2D eigenvalue weighted by molar-refractivity contribution is 6.14. The van der Waals surface area contributed by atoms with Gasteiger partial charge in [-0.3, -0.25) is 9.59 Å². The minimum Gasteiger partial charge on any atom is -0.449 e. The summed E-state index contributed by atoms with van der Waals surface area (Å²) >= 11 is 0. The average Bonchev–Trinajstić information content (AvgIpc) is 2.76. The van der Waals surface area contributed by atoms with E-state index in [0.29, 0.717) is 17.4 Å². The Morgan fingerprint density at radius 1 is 0.933 bits per heavy atom. The SMILES string of the molecule is C[C@@H]1[C@@H](C)CCC[C@H]1NC(=O)[C@@H](C)OC(=O)c1ccccc1C(=O)c1ccccc1. The van der Waals surface area contributed by atoms with Gasteiger partial charge in [-0.1, -0.05) is 75.2 Å². The van der Waals surface area contributed by atoms with E-state index in [1.165, 1.54) is 6.42 Å². The summed E-state index contributed by atoms with van der Waals surface area (Å²) in [5.74, 6) is -0.304. The van der Waals surface area contributed by atoms with Crippen molar-refractivity contribution in [2.75, 3.05) is 0 Å². The zero-order valence-corrected chi connectivity index (χ0v) is 17.8. The first kappa shape index (κ1) is 21.8. The molecule has 1 amide bonds. The summed E-state index contributed by atoms with van der Waals surface area (Å²) < 4.78 is 5.43. The molecule has 30 heavy (non-hydrogen) atoms. The number of carbonyl (C=O) groups excluding carboxylic acids is 3. The summed E-state index contributed by atoms with van der Waals surface area (Å²) in [7, 11) is 0. The molecule has 0 heterocycles. The summed E-state index contributed by atoms with van der Waals surface area (Å²) in [5, 5.41) is 3.04. The molecule has 2 aromatic carbocycles. The maximum atomic E-state index is 12.8. The van der Waals surface area contributed by atoms with E-state index in [0.717, 1.165) is 12.8 Å². The fourth-order valence-corrected chi connectivity index (χ4v) is 3.97. The van der Waals surface area contributed by atoms with Gasteiger partial charge < -0.3 is 10.1 Å². The van der Waals surface area contributed by atoms with Crippen molar-refractivity contribution in [1.29, 1.82) is 0 Å². The van der Waals surface area contributed by atoms with Gasteiger partial charge in [-0.15, -0.1) is 0 Å². The first-order valence-corrected chi connectivity index (χ1v) is 10.6. The fraction of sp³-hybridized carbons (Fsp3) is 0.400. The summed E-state index contributed by atoms with van der Waals surface area (Å²) in [6.07, 6.45) is 2.25. The topological polar surface area (TPSA) is 72.5 Å². The molecular formula is C25H29NO4. The van der Waals surface area contributed by atoms with Crippen molar-refractivity contribution in [3.05, 3.63) is 71.3 Å². The van der Waals surface area contributed by atoms with Crippen molar-refractivity contribution >= 4 is 17.7 Å². The number of hydrogen-bond donors (Lipinski definition) is 1. The smallest absolute Gasteiger partial charge is 0.339 e. The van der Waals surface area contributed by atoms with Crippen LogP contribution in [-0.2, 0) is 9.53 Å². The lowest BCUT2D eigenvalue weighted by Crippen LogP contribution is -2.47. The van der Waals surface area contributed by atoms with Crippen LogP contribution in [0.1, 0.15) is 66.3 Å². The lowest BCUT2D eigenvalue weighted by Gasteiger charge is -2.35. The zero-order valence-electron chi connectivity index (χ0n) is 17.8. The highest BCUT2D eigenvalue weighted by Gasteiger charge is 2.30. The predicted molar refractivity (Wildman–Crippen MR) is 115 cm³/mol. The van der Waals surface area contributed by atoms with Gasteiger partial charge in [0.1, 0.15) is 0 Å². The van der Waals surface area contributed by atoms with Gasteiger partial charge in [-0.25, -0.2) is 4.79 Å². The highest BCUT2D eigenvalue weighted by Crippen LogP contribution is 2.29. The number of carbonyl (C=O) groups is 3. The first-order valence-electron chi connectivity index (χ1n) is 10.6. The van der Waals surface area contributed by atoms with Gasteiger partial charge in [0.2, 0.25) is 0 Å². The second-order valence-corrected chi connectivity index (χ2v) is 8.17. The normalized spacial score (nSPS) is 22.0. The Kier molecular flexibility index (Phi) is 7.03. The van der Waals surface area contributed by atoms with Crippen LogP contribution in [0.4, 0.5) is 0 Å². The Morgan fingerprint density at radius 2 is 1.57 bits per heavy atom. The van der Waals surface area contributed by atoms with E-state index in [1.54, 1.807) is 55.5 Å². The number of hydrogen-bond acceptors (Lipinski definition) is 4. The number of rotatable bonds is 6. The number of ether oxygens (including phenoxy) is 1. The fourth-order valence-electron chi connectivity index (χ4n) is 3.97. The lowest BCUT2D eigenvalue weighted by molar-refractivity contribution is -0.130. The average molecular weight is 408 g/mol. The van der Waals surface area contributed by atoms with Gasteiger partial charge in [0.25, 0.3) is 5.91 Å². The number of esters is 1. The third-order valence-electron chi connectivity index (χ3n) is 6.12. The molecule has 1 saturated carbocycles.